The predicted octanol–water partition coefficient (Wildman–Crippen LogP) is 2.78. The molecule has 0 unspecified atom stereocenters. The van der Waals surface area contributed by atoms with Gasteiger partial charge in [0.1, 0.15) is 29.6 Å². The number of ether oxygens (including phenoxy) is 1. The molecule has 3 aromatic rings. The quantitative estimate of drug-likeness (QED) is 0.485. The van der Waals surface area contributed by atoms with Gasteiger partial charge in [0.15, 0.2) is 10.7 Å². The number of methoxy groups -OCH3 is 1. The van der Waals surface area contributed by atoms with Gasteiger partial charge in [-0.2, -0.15) is 4.98 Å². The Balaban J connectivity index is 1.56. The first kappa shape index (κ1) is 23.9. The van der Waals surface area contributed by atoms with Gasteiger partial charge in [0, 0.05) is 18.4 Å². The zero-order valence-electron chi connectivity index (χ0n) is 18.6. The molecule has 188 valence electrons. The summed E-state index contributed by atoms with van der Waals surface area (Å²) in [6, 6.07) is 2.83. The van der Waals surface area contributed by atoms with E-state index in [2.05, 4.69) is 19.7 Å². The summed E-state index contributed by atoms with van der Waals surface area (Å²) in [7, 11) is -3.27. The fraction of sp³-hybridized carbons (Fsp3) is 0.238. The summed E-state index contributed by atoms with van der Waals surface area (Å²) < 4.78 is 63.7. The molecule has 15 heteroatoms. The van der Waals surface area contributed by atoms with Crippen molar-refractivity contribution in [2.75, 3.05) is 34.0 Å². The van der Waals surface area contributed by atoms with Crippen LogP contribution < -0.4 is 25.0 Å². The molecule has 3 heterocycles. The number of amides is 1. The molecule has 36 heavy (non-hydrogen) atoms. The van der Waals surface area contributed by atoms with Crippen LogP contribution in [0.2, 0.25) is 5.02 Å². The Bertz CT molecular complexity index is 1500. The molecule has 1 aliphatic heterocycles. The van der Waals surface area contributed by atoms with Gasteiger partial charge in [0.05, 0.1) is 17.8 Å². The Morgan fingerprint density at radius 3 is 2.67 bits per heavy atom. The highest BCUT2D eigenvalue weighted by Gasteiger charge is 2.41. The van der Waals surface area contributed by atoms with Gasteiger partial charge in [-0.25, -0.2) is 27.2 Å². The maximum atomic E-state index is 15.7. The highest BCUT2D eigenvalue weighted by atomic mass is 35.5. The van der Waals surface area contributed by atoms with Crippen LogP contribution in [0.15, 0.2) is 35.5 Å². The first-order valence-electron chi connectivity index (χ1n) is 10.5. The third-order valence-electron chi connectivity index (χ3n) is 5.67. The molecule has 0 spiro atoms. The van der Waals surface area contributed by atoms with Crippen molar-refractivity contribution >= 4 is 50.7 Å². The zero-order valence-corrected chi connectivity index (χ0v) is 20.1. The molecular formula is C21H18ClF2N7O4S. The molecule has 1 fully saturated rings. The van der Waals surface area contributed by atoms with Crippen molar-refractivity contribution in [2.24, 2.45) is 0 Å². The van der Waals surface area contributed by atoms with Crippen molar-refractivity contribution in [3.8, 4) is 5.88 Å². The topological polar surface area (TPSA) is 144 Å². The lowest BCUT2D eigenvalue weighted by atomic mass is 10.1. The number of sulfonamides is 1. The lowest BCUT2D eigenvalue weighted by Gasteiger charge is -2.37. The summed E-state index contributed by atoms with van der Waals surface area (Å²) in [5.74, 6) is -3.17. The number of nitrogens with one attached hydrogen (secondary N) is 1. The van der Waals surface area contributed by atoms with Crippen LogP contribution in [-0.2, 0) is 10.0 Å². The molecule has 0 saturated heterocycles. The SMILES string of the molecule is COc1ncc(Cl)cc1S(=O)(=O)Nc1ccc(F)c(N2CN(C3CC3)c3nc(N)ncc3C2=O)c1F. The van der Waals surface area contributed by atoms with Crippen LogP contribution in [0.3, 0.4) is 0 Å². The van der Waals surface area contributed by atoms with Crippen LogP contribution in [0.5, 0.6) is 5.88 Å². The largest absolute Gasteiger partial charge is 0.480 e. The number of nitrogens with two attached hydrogens (primary N) is 1. The van der Waals surface area contributed by atoms with Gasteiger partial charge in [0.2, 0.25) is 11.8 Å². The van der Waals surface area contributed by atoms with Crippen LogP contribution in [0, 0.1) is 11.6 Å². The average Bonchev–Trinajstić information content (AvgIpc) is 3.67. The van der Waals surface area contributed by atoms with E-state index in [-0.39, 0.29) is 40.9 Å². The number of carbonyl (C=O) groups is 1. The van der Waals surface area contributed by atoms with E-state index < -0.39 is 43.8 Å². The van der Waals surface area contributed by atoms with Gasteiger partial charge in [-0.05, 0) is 31.0 Å². The van der Waals surface area contributed by atoms with Gasteiger partial charge in [-0.1, -0.05) is 11.6 Å². The molecule has 1 saturated carbocycles. The van der Waals surface area contributed by atoms with E-state index in [0.29, 0.717) is 0 Å². The summed E-state index contributed by atoms with van der Waals surface area (Å²) in [6.45, 7) is -0.219. The van der Waals surface area contributed by atoms with Gasteiger partial charge in [-0.3, -0.25) is 14.4 Å². The van der Waals surface area contributed by atoms with Crippen LogP contribution >= 0.6 is 11.6 Å². The number of fused-ring (bicyclic) bond motifs is 1. The van der Waals surface area contributed by atoms with E-state index in [1.54, 1.807) is 4.90 Å². The first-order valence-corrected chi connectivity index (χ1v) is 12.4. The van der Waals surface area contributed by atoms with Crippen molar-refractivity contribution in [3.05, 3.63) is 52.8 Å². The lowest BCUT2D eigenvalue weighted by Crippen LogP contribution is -2.49. The van der Waals surface area contributed by atoms with Gasteiger partial charge >= 0.3 is 0 Å². The fourth-order valence-corrected chi connectivity index (χ4v) is 5.28. The van der Waals surface area contributed by atoms with E-state index in [4.69, 9.17) is 22.1 Å². The molecule has 1 aliphatic carbocycles. The molecule has 5 rings (SSSR count). The molecule has 2 aliphatic rings. The second-order valence-electron chi connectivity index (χ2n) is 8.07. The third-order valence-corrected chi connectivity index (χ3v) is 7.23. The molecule has 1 aromatic carbocycles. The number of halogens is 3. The minimum absolute atomic E-state index is 0.00274. The lowest BCUT2D eigenvalue weighted by molar-refractivity contribution is 0.0979. The van der Waals surface area contributed by atoms with Crippen molar-refractivity contribution in [3.63, 3.8) is 0 Å². The standard InChI is InChI=1S/C21H18ClF2N7O4S/c1-35-19-15(6-10(22)7-26-19)36(33,34)29-14-5-4-13(23)17(16(14)24)31-9-30(11-2-3-11)18-12(20(31)32)8-27-21(25)28-18/h4-8,11,29H,2-3,9H2,1H3,(H2,25,27,28). The van der Waals surface area contributed by atoms with E-state index in [0.717, 1.165) is 35.9 Å². The summed E-state index contributed by atoms with van der Waals surface area (Å²) in [6.07, 6.45) is 3.97. The molecule has 0 bridgehead atoms. The molecule has 3 N–H and O–H groups in total. The second kappa shape index (κ2) is 8.71. The zero-order chi connectivity index (χ0) is 25.8. The van der Waals surface area contributed by atoms with E-state index in [1.807, 2.05) is 0 Å². The molecule has 1 amide bonds. The molecule has 0 radical (unpaired) electrons. The Morgan fingerprint density at radius 1 is 1.22 bits per heavy atom. The number of hydrogen-bond acceptors (Lipinski definition) is 9. The molecule has 11 nitrogen and oxygen atoms in total. The maximum Gasteiger partial charge on any atom is 0.267 e. The first-order chi connectivity index (χ1) is 17.1. The molecule has 2 aromatic heterocycles. The van der Waals surface area contributed by atoms with Crippen LogP contribution in [0.1, 0.15) is 23.2 Å². The van der Waals surface area contributed by atoms with Gasteiger partial charge in [-0.15, -0.1) is 0 Å². The van der Waals surface area contributed by atoms with Crippen molar-refractivity contribution in [2.45, 2.75) is 23.8 Å². The Hall–Kier alpha value is -3.78. The van der Waals surface area contributed by atoms with E-state index >= 15 is 4.39 Å². The van der Waals surface area contributed by atoms with Crippen molar-refractivity contribution < 1.29 is 26.7 Å². The number of aromatic nitrogens is 3. The summed E-state index contributed by atoms with van der Waals surface area (Å²) >= 11 is 5.87. The van der Waals surface area contributed by atoms with Gasteiger partial charge < -0.3 is 15.4 Å². The highest BCUT2D eigenvalue weighted by Crippen LogP contribution is 2.40. The number of anilines is 4. The van der Waals surface area contributed by atoms with Crippen molar-refractivity contribution in [1.29, 1.82) is 0 Å². The molecule has 0 atom stereocenters. The highest BCUT2D eigenvalue weighted by molar-refractivity contribution is 7.92. The average molecular weight is 538 g/mol. The number of benzene rings is 1. The predicted molar refractivity (Wildman–Crippen MR) is 127 cm³/mol. The number of nitrogens with zero attached hydrogens (tertiary/aromatic N) is 5. The van der Waals surface area contributed by atoms with Crippen LogP contribution in [-0.4, -0.2) is 49.1 Å². The third kappa shape index (κ3) is 4.11. The summed E-state index contributed by atoms with van der Waals surface area (Å²) in [5.41, 5.74) is 4.37. The summed E-state index contributed by atoms with van der Waals surface area (Å²) in [4.78, 5) is 27.1. The number of pyridine rings is 1. The molecular weight excluding hydrogens is 520 g/mol. The smallest absolute Gasteiger partial charge is 0.267 e. The minimum Gasteiger partial charge on any atom is -0.480 e. The number of rotatable bonds is 6. The number of nitrogen functional groups attached to an aromatic ring is 1. The summed E-state index contributed by atoms with van der Waals surface area (Å²) in [5, 5.41) is -0.00274. The van der Waals surface area contributed by atoms with E-state index in [1.165, 1.54) is 19.5 Å². The Morgan fingerprint density at radius 2 is 1.97 bits per heavy atom. The fourth-order valence-electron chi connectivity index (χ4n) is 3.85. The maximum absolute atomic E-state index is 15.7. The Kier molecular flexibility index (Phi) is 5.79. The minimum atomic E-state index is -4.47. The van der Waals surface area contributed by atoms with Gasteiger partial charge in [0.25, 0.3) is 15.9 Å². The second-order valence-corrected chi connectivity index (χ2v) is 10.2. The monoisotopic (exact) mass is 537 g/mol. The van der Waals surface area contributed by atoms with Crippen LogP contribution in [0.25, 0.3) is 0 Å². The Labute approximate surface area is 208 Å². The number of carbonyl (C=O) groups excluding carboxylic acids is 1. The number of hydrogen-bond donors (Lipinski definition) is 2. The van der Waals surface area contributed by atoms with E-state index in [9.17, 15) is 17.6 Å². The van der Waals surface area contributed by atoms with Crippen LogP contribution in [0.4, 0.5) is 31.9 Å². The van der Waals surface area contributed by atoms with Crippen molar-refractivity contribution in [1.82, 2.24) is 15.0 Å². The normalized spacial score (nSPS) is 15.6.